The number of benzene rings is 1. The highest BCUT2D eigenvalue weighted by molar-refractivity contribution is 5.34. The molecule has 0 fully saturated rings. The predicted octanol–water partition coefficient (Wildman–Crippen LogP) is 2.86. The van der Waals surface area contributed by atoms with Crippen molar-refractivity contribution < 1.29 is 0 Å². The van der Waals surface area contributed by atoms with E-state index in [1.807, 2.05) is 36.1 Å². The Balaban J connectivity index is 2.48. The molecule has 2 unspecified atom stereocenters. The molecule has 2 rings (SSSR count). The predicted molar refractivity (Wildman–Crippen MR) is 87.7 cm³/mol. The molecular weight excluding hydrogens is 260 g/mol. The summed E-state index contributed by atoms with van der Waals surface area (Å²) < 4.78 is 2.03. The topological polar surface area (TPSA) is 33.1 Å². The maximum absolute atomic E-state index is 4.52. The van der Waals surface area contributed by atoms with E-state index in [1.165, 1.54) is 5.69 Å². The third-order valence-electron chi connectivity index (χ3n) is 4.62. The SMILES string of the molecule is CCC(C)(C(NC)c1ccnn1-c1ccccc1)N(C)C. The van der Waals surface area contributed by atoms with Gasteiger partial charge in [0.25, 0.3) is 0 Å². The van der Waals surface area contributed by atoms with Crippen LogP contribution in [0.2, 0.25) is 0 Å². The Bertz CT molecular complexity index is 561. The molecule has 4 nitrogen and oxygen atoms in total. The number of hydrogen-bond acceptors (Lipinski definition) is 3. The van der Waals surface area contributed by atoms with Gasteiger partial charge in [-0.15, -0.1) is 0 Å². The Morgan fingerprint density at radius 2 is 1.90 bits per heavy atom. The molecule has 0 aliphatic heterocycles. The Labute approximate surface area is 127 Å². The lowest BCUT2D eigenvalue weighted by Gasteiger charge is -2.42. The van der Waals surface area contributed by atoms with Gasteiger partial charge in [0, 0.05) is 11.7 Å². The van der Waals surface area contributed by atoms with Gasteiger partial charge in [0.1, 0.15) is 0 Å². The van der Waals surface area contributed by atoms with E-state index in [-0.39, 0.29) is 11.6 Å². The molecule has 0 radical (unpaired) electrons. The highest BCUT2D eigenvalue weighted by Crippen LogP contribution is 2.33. The van der Waals surface area contributed by atoms with Gasteiger partial charge in [0.2, 0.25) is 0 Å². The Morgan fingerprint density at radius 1 is 1.24 bits per heavy atom. The zero-order valence-corrected chi connectivity index (χ0v) is 13.7. The third kappa shape index (κ3) is 2.87. The van der Waals surface area contributed by atoms with Crippen LogP contribution in [0.4, 0.5) is 0 Å². The van der Waals surface area contributed by atoms with Crippen molar-refractivity contribution in [3.05, 3.63) is 48.3 Å². The number of rotatable bonds is 6. The van der Waals surface area contributed by atoms with Gasteiger partial charge in [0.05, 0.1) is 17.4 Å². The minimum Gasteiger partial charge on any atom is -0.310 e. The van der Waals surface area contributed by atoms with Crippen molar-refractivity contribution in [2.75, 3.05) is 21.1 Å². The van der Waals surface area contributed by atoms with E-state index in [0.717, 1.165) is 12.1 Å². The second kappa shape index (κ2) is 6.41. The lowest BCUT2D eigenvalue weighted by atomic mass is 9.86. The number of hydrogen-bond donors (Lipinski definition) is 1. The fraction of sp³-hybridized carbons (Fsp3) is 0.471. The summed E-state index contributed by atoms with van der Waals surface area (Å²) in [6.07, 6.45) is 2.92. The van der Waals surface area contributed by atoms with Crippen LogP contribution in [0.5, 0.6) is 0 Å². The van der Waals surface area contributed by atoms with Crippen molar-refractivity contribution in [2.45, 2.75) is 31.8 Å². The summed E-state index contributed by atoms with van der Waals surface area (Å²) in [7, 11) is 6.29. The van der Waals surface area contributed by atoms with Gasteiger partial charge < -0.3 is 10.2 Å². The Hall–Kier alpha value is -1.65. The summed E-state index contributed by atoms with van der Waals surface area (Å²) in [5, 5.41) is 8.01. The van der Waals surface area contributed by atoms with Gasteiger partial charge in [-0.2, -0.15) is 5.10 Å². The minimum atomic E-state index is 0.0152. The smallest absolute Gasteiger partial charge is 0.0678 e. The first kappa shape index (κ1) is 15.7. The van der Waals surface area contributed by atoms with Crippen LogP contribution in [0.1, 0.15) is 32.0 Å². The fourth-order valence-electron chi connectivity index (χ4n) is 2.87. The number of likely N-dealkylation sites (N-methyl/N-ethyl adjacent to an activating group) is 2. The summed E-state index contributed by atoms with van der Waals surface area (Å²) in [4.78, 5) is 2.29. The van der Waals surface area contributed by atoms with Crippen LogP contribution >= 0.6 is 0 Å². The average molecular weight is 286 g/mol. The van der Waals surface area contributed by atoms with E-state index < -0.39 is 0 Å². The van der Waals surface area contributed by atoms with Crippen molar-refractivity contribution in [1.82, 2.24) is 20.0 Å². The van der Waals surface area contributed by atoms with E-state index in [0.29, 0.717) is 0 Å². The summed E-state index contributed by atoms with van der Waals surface area (Å²) in [5.41, 5.74) is 2.29. The summed E-state index contributed by atoms with van der Waals surface area (Å²) in [6.45, 7) is 4.52. The molecule has 1 N–H and O–H groups in total. The molecule has 0 saturated carbocycles. The third-order valence-corrected chi connectivity index (χ3v) is 4.62. The Morgan fingerprint density at radius 3 is 2.43 bits per heavy atom. The molecule has 0 aliphatic rings. The monoisotopic (exact) mass is 286 g/mol. The molecule has 114 valence electrons. The van der Waals surface area contributed by atoms with Crippen LogP contribution in [0.15, 0.2) is 42.6 Å². The largest absolute Gasteiger partial charge is 0.310 e. The van der Waals surface area contributed by atoms with Crippen molar-refractivity contribution in [2.24, 2.45) is 0 Å². The van der Waals surface area contributed by atoms with Crippen LogP contribution in [-0.2, 0) is 0 Å². The van der Waals surface area contributed by atoms with Crippen LogP contribution in [0.3, 0.4) is 0 Å². The molecule has 0 bridgehead atoms. The zero-order valence-electron chi connectivity index (χ0n) is 13.7. The first-order valence-electron chi connectivity index (χ1n) is 7.48. The van der Waals surface area contributed by atoms with E-state index >= 15 is 0 Å². The van der Waals surface area contributed by atoms with Gasteiger partial charge in [-0.3, -0.25) is 0 Å². The second-order valence-corrected chi connectivity index (χ2v) is 5.83. The number of para-hydroxylation sites is 1. The molecule has 2 atom stereocenters. The first-order valence-corrected chi connectivity index (χ1v) is 7.48. The van der Waals surface area contributed by atoms with E-state index in [2.05, 4.69) is 61.5 Å². The highest BCUT2D eigenvalue weighted by Gasteiger charge is 2.36. The molecule has 1 aromatic carbocycles. The summed E-state index contributed by atoms with van der Waals surface area (Å²) in [5.74, 6) is 0. The Kier molecular flexibility index (Phi) is 4.80. The summed E-state index contributed by atoms with van der Waals surface area (Å²) in [6, 6.07) is 12.6. The number of nitrogens with zero attached hydrogens (tertiary/aromatic N) is 3. The lowest BCUT2D eigenvalue weighted by molar-refractivity contribution is 0.113. The van der Waals surface area contributed by atoms with Gasteiger partial charge in [-0.25, -0.2) is 4.68 Å². The van der Waals surface area contributed by atoms with Crippen molar-refractivity contribution in [1.29, 1.82) is 0 Å². The average Bonchev–Trinajstić information content (AvgIpc) is 2.97. The van der Waals surface area contributed by atoms with Gasteiger partial charge in [-0.05, 0) is 52.7 Å². The lowest BCUT2D eigenvalue weighted by Crippen LogP contribution is -2.51. The number of nitrogens with one attached hydrogen (secondary N) is 1. The summed E-state index contributed by atoms with van der Waals surface area (Å²) >= 11 is 0. The fourth-order valence-corrected chi connectivity index (χ4v) is 2.87. The molecule has 0 saturated heterocycles. The van der Waals surface area contributed by atoms with E-state index in [1.54, 1.807) is 0 Å². The molecule has 1 heterocycles. The second-order valence-electron chi connectivity index (χ2n) is 5.83. The molecule has 21 heavy (non-hydrogen) atoms. The van der Waals surface area contributed by atoms with Gasteiger partial charge >= 0.3 is 0 Å². The zero-order chi connectivity index (χ0) is 15.5. The van der Waals surface area contributed by atoms with Crippen molar-refractivity contribution in [3.8, 4) is 5.69 Å². The molecule has 4 heteroatoms. The first-order chi connectivity index (χ1) is 10.0. The standard InChI is InChI=1S/C17H26N4/c1-6-17(2,20(4)5)16(18-3)15-12-13-19-21(15)14-10-8-7-9-11-14/h7-13,16,18H,6H2,1-5H3. The highest BCUT2D eigenvalue weighted by atomic mass is 15.3. The van der Waals surface area contributed by atoms with Crippen molar-refractivity contribution in [3.63, 3.8) is 0 Å². The van der Waals surface area contributed by atoms with Crippen LogP contribution < -0.4 is 5.32 Å². The van der Waals surface area contributed by atoms with Crippen LogP contribution in [-0.4, -0.2) is 41.4 Å². The van der Waals surface area contributed by atoms with E-state index in [4.69, 9.17) is 0 Å². The van der Waals surface area contributed by atoms with E-state index in [9.17, 15) is 0 Å². The van der Waals surface area contributed by atoms with Gasteiger partial charge in [-0.1, -0.05) is 25.1 Å². The molecule has 0 amide bonds. The number of aromatic nitrogens is 2. The molecule has 1 aromatic heterocycles. The molecule has 0 spiro atoms. The molecule has 0 aliphatic carbocycles. The maximum atomic E-state index is 4.52. The van der Waals surface area contributed by atoms with Crippen LogP contribution in [0.25, 0.3) is 5.69 Å². The van der Waals surface area contributed by atoms with Crippen molar-refractivity contribution >= 4 is 0 Å². The maximum Gasteiger partial charge on any atom is 0.0678 e. The normalized spacial score (nSPS) is 15.9. The molecule has 2 aromatic rings. The van der Waals surface area contributed by atoms with Gasteiger partial charge in [0.15, 0.2) is 0 Å². The molecular formula is C17H26N4. The minimum absolute atomic E-state index is 0.0152. The quantitative estimate of drug-likeness (QED) is 0.886. The van der Waals surface area contributed by atoms with Crippen LogP contribution in [0, 0.1) is 0 Å².